The van der Waals surface area contributed by atoms with Crippen molar-refractivity contribution in [1.29, 1.82) is 0 Å². The lowest BCUT2D eigenvalue weighted by Crippen LogP contribution is -2.21. The molecule has 0 saturated carbocycles. The van der Waals surface area contributed by atoms with Gasteiger partial charge in [0.05, 0.1) is 13.7 Å². The first-order chi connectivity index (χ1) is 10.2. The molecule has 1 N–H and O–H groups in total. The number of ether oxygens (including phenoxy) is 2. The van der Waals surface area contributed by atoms with E-state index in [0.717, 1.165) is 24.3 Å². The van der Waals surface area contributed by atoms with Crippen LogP contribution in [0, 0.1) is 0 Å². The molecule has 0 fully saturated rings. The van der Waals surface area contributed by atoms with E-state index in [0.29, 0.717) is 12.6 Å². The van der Waals surface area contributed by atoms with E-state index in [9.17, 15) is 0 Å². The molecule has 3 nitrogen and oxygen atoms in total. The standard InChI is InChI=1S/C17H23NO2S/c1-13(18-9-8-16-5-4-10-21-16)14-6-7-17(20-3)15(11-14)12-19-2/h4-7,10-11,13,18H,8-9,12H2,1-3H3. The molecule has 21 heavy (non-hydrogen) atoms. The van der Waals surface area contributed by atoms with E-state index in [2.05, 4.69) is 41.9 Å². The Morgan fingerprint density at radius 3 is 2.76 bits per heavy atom. The third-order valence-corrected chi connectivity index (χ3v) is 4.44. The molecule has 0 spiro atoms. The zero-order chi connectivity index (χ0) is 15.1. The van der Waals surface area contributed by atoms with E-state index in [4.69, 9.17) is 9.47 Å². The highest BCUT2D eigenvalue weighted by molar-refractivity contribution is 7.09. The Hall–Kier alpha value is -1.36. The van der Waals surface area contributed by atoms with Crippen LogP contribution >= 0.6 is 11.3 Å². The highest BCUT2D eigenvalue weighted by Crippen LogP contribution is 2.24. The Bertz CT molecular complexity index is 540. The van der Waals surface area contributed by atoms with Crippen LogP contribution in [-0.2, 0) is 17.8 Å². The maximum absolute atomic E-state index is 5.36. The molecule has 0 radical (unpaired) electrons. The molecule has 1 atom stereocenters. The molecule has 0 saturated heterocycles. The molecule has 0 bridgehead atoms. The Morgan fingerprint density at radius 1 is 1.24 bits per heavy atom. The highest BCUT2D eigenvalue weighted by atomic mass is 32.1. The van der Waals surface area contributed by atoms with Gasteiger partial charge >= 0.3 is 0 Å². The van der Waals surface area contributed by atoms with Crippen LogP contribution in [0.2, 0.25) is 0 Å². The molecule has 0 amide bonds. The van der Waals surface area contributed by atoms with Crippen LogP contribution in [0.1, 0.15) is 29.0 Å². The van der Waals surface area contributed by atoms with E-state index >= 15 is 0 Å². The van der Waals surface area contributed by atoms with Crippen LogP contribution in [0.15, 0.2) is 35.7 Å². The summed E-state index contributed by atoms with van der Waals surface area (Å²) in [7, 11) is 3.39. The highest BCUT2D eigenvalue weighted by Gasteiger charge is 2.09. The maximum atomic E-state index is 5.36. The minimum atomic E-state index is 0.312. The minimum Gasteiger partial charge on any atom is -0.496 e. The topological polar surface area (TPSA) is 30.5 Å². The number of hydrogen-bond acceptors (Lipinski definition) is 4. The minimum absolute atomic E-state index is 0.312. The van der Waals surface area contributed by atoms with Gasteiger partial charge in [-0.05, 0) is 42.5 Å². The van der Waals surface area contributed by atoms with Crippen molar-refractivity contribution in [2.45, 2.75) is 26.0 Å². The van der Waals surface area contributed by atoms with E-state index in [-0.39, 0.29) is 0 Å². The van der Waals surface area contributed by atoms with Gasteiger partial charge in [-0.1, -0.05) is 12.1 Å². The molecule has 114 valence electrons. The second-order valence-corrected chi connectivity index (χ2v) is 6.04. The number of methoxy groups -OCH3 is 2. The summed E-state index contributed by atoms with van der Waals surface area (Å²) in [5, 5.41) is 5.69. The monoisotopic (exact) mass is 305 g/mol. The average molecular weight is 305 g/mol. The van der Waals surface area contributed by atoms with Gasteiger partial charge in [0.2, 0.25) is 0 Å². The number of hydrogen-bond donors (Lipinski definition) is 1. The van der Waals surface area contributed by atoms with Crippen molar-refractivity contribution in [3.05, 3.63) is 51.7 Å². The van der Waals surface area contributed by atoms with Gasteiger partial charge in [-0.25, -0.2) is 0 Å². The molecule has 0 aliphatic heterocycles. The summed E-state index contributed by atoms with van der Waals surface area (Å²) < 4.78 is 10.6. The third kappa shape index (κ3) is 4.56. The van der Waals surface area contributed by atoms with Crippen LogP contribution < -0.4 is 10.1 Å². The van der Waals surface area contributed by atoms with Crippen molar-refractivity contribution in [2.24, 2.45) is 0 Å². The normalized spacial score (nSPS) is 12.3. The predicted octanol–water partition coefficient (Wildman–Crippen LogP) is 3.80. The first kappa shape index (κ1) is 16.0. The van der Waals surface area contributed by atoms with Gasteiger partial charge < -0.3 is 14.8 Å². The third-order valence-electron chi connectivity index (χ3n) is 3.51. The van der Waals surface area contributed by atoms with Crippen LogP contribution in [0.3, 0.4) is 0 Å². The van der Waals surface area contributed by atoms with Gasteiger partial charge in [0, 0.05) is 30.1 Å². The number of thiophene rings is 1. The molecule has 2 aromatic rings. The molecule has 0 aliphatic rings. The van der Waals surface area contributed by atoms with Crippen molar-refractivity contribution in [1.82, 2.24) is 5.32 Å². The second kappa shape index (κ2) is 8.17. The molecule has 1 unspecified atom stereocenters. The fraction of sp³-hybridized carbons (Fsp3) is 0.412. The van der Waals surface area contributed by atoms with Gasteiger partial charge in [-0.3, -0.25) is 0 Å². The van der Waals surface area contributed by atoms with Gasteiger partial charge in [-0.15, -0.1) is 11.3 Å². The number of rotatable bonds is 8. The first-order valence-corrected chi connectivity index (χ1v) is 8.04. The molecule has 2 rings (SSSR count). The number of benzene rings is 1. The Morgan fingerprint density at radius 2 is 2.10 bits per heavy atom. The van der Waals surface area contributed by atoms with Crippen molar-refractivity contribution in [3.63, 3.8) is 0 Å². The summed E-state index contributed by atoms with van der Waals surface area (Å²) in [5.74, 6) is 0.881. The Balaban J connectivity index is 1.94. The zero-order valence-electron chi connectivity index (χ0n) is 12.9. The van der Waals surface area contributed by atoms with E-state index in [1.54, 1.807) is 14.2 Å². The van der Waals surface area contributed by atoms with E-state index in [1.807, 2.05) is 17.4 Å². The van der Waals surface area contributed by atoms with Crippen molar-refractivity contribution < 1.29 is 9.47 Å². The summed E-state index contributed by atoms with van der Waals surface area (Å²) in [5.41, 5.74) is 2.35. The summed E-state index contributed by atoms with van der Waals surface area (Å²) in [4.78, 5) is 1.42. The van der Waals surface area contributed by atoms with Gasteiger partial charge in [-0.2, -0.15) is 0 Å². The Kier molecular flexibility index (Phi) is 6.23. The predicted molar refractivity (Wildman–Crippen MR) is 88.1 cm³/mol. The molecule has 1 aromatic carbocycles. The summed E-state index contributed by atoms with van der Waals surface area (Å²) in [6.45, 7) is 3.74. The maximum Gasteiger partial charge on any atom is 0.124 e. The molecule has 4 heteroatoms. The largest absolute Gasteiger partial charge is 0.496 e. The molecule has 0 aliphatic carbocycles. The smallest absolute Gasteiger partial charge is 0.124 e. The lowest BCUT2D eigenvalue weighted by molar-refractivity contribution is 0.181. The van der Waals surface area contributed by atoms with Crippen molar-refractivity contribution in [3.8, 4) is 5.75 Å². The molecule has 1 heterocycles. The zero-order valence-corrected chi connectivity index (χ0v) is 13.7. The second-order valence-electron chi connectivity index (χ2n) is 5.01. The van der Waals surface area contributed by atoms with Gasteiger partial charge in [0.25, 0.3) is 0 Å². The van der Waals surface area contributed by atoms with Crippen LogP contribution in [0.25, 0.3) is 0 Å². The Labute approximate surface area is 130 Å². The average Bonchev–Trinajstić information content (AvgIpc) is 3.00. The lowest BCUT2D eigenvalue weighted by Gasteiger charge is -2.16. The molecular formula is C17H23NO2S. The van der Waals surface area contributed by atoms with Crippen molar-refractivity contribution >= 4 is 11.3 Å². The molecular weight excluding hydrogens is 282 g/mol. The van der Waals surface area contributed by atoms with Gasteiger partial charge in [0.1, 0.15) is 5.75 Å². The van der Waals surface area contributed by atoms with Gasteiger partial charge in [0.15, 0.2) is 0 Å². The summed E-state index contributed by atoms with van der Waals surface area (Å²) in [6, 6.07) is 10.9. The first-order valence-electron chi connectivity index (χ1n) is 7.16. The SMILES string of the molecule is COCc1cc(C(C)NCCc2cccs2)ccc1OC. The summed E-state index contributed by atoms with van der Waals surface area (Å²) >= 11 is 1.81. The fourth-order valence-electron chi connectivity index (χ4n) is 2.32. The fourth-order valence-corrected chi connectivity index (χ4v) is 3.03. The van der Waals surface area contributed by atoms with Crippen molar-refractivity contribution in [2.75, 3.05) is 20.8 Å². The van der Waals surface area contributed by atoms with E-state index < -0.39 is 0 Å². The van der Waals surface area contributed by atoms with Crippen LogP contribution in [0.5, 0.6) is 5.75 Å². The van der Waals surface area contributed by atoms with E-state index in [1.165, 1.54) is 10.4 Å². The van der Waals surface area contributed by atoms with Crippen LogP contribution in [-0.4, -0.2) is 20.8 Å². The summed E-state index contributed by atoms with van der Waals surface area (Å²) in [6.07, 6.45) is 1.07. The lowest BCUT2D eigenvalue weighted by atomic mass is 10.0. The van der Waals surface area contributed by atoms with Crippen LogP contribution in [0.4, 0.5) is 0 Å². The quantitative estimate of drug-likeness (QED) is 0.805. The molecule has 1 aromatic heterocycles. The number of nitrogens with one attached hydrogen (secondary N) is 1.